The Morgan fingerprint density at radius 1 is 1.10 bits per heavy atom. The van der Waals surface area contributed by atoms with Crippen LogP contribution in [0.4, 0.5) is 8.78 Å². The molecule has 108 valence electrons. The highest BCUT2D eigenvalue weighted by Gasteiger charge is 2.28. The van der Waals surface area contributed by atoms with Gasteiger partial charge in [0, 0.05) is 0 Å². The zero-order valence-corrected chi connectivity index (χ0v) is 10.8. The molecule has 1 N–H and O–H groups in total. The van der Waals surface area contributed by atoms with E-state index in [1.165, 1.54) is 6.07 Å². The lowest BCUT2D eigenvalue weighted by atomic mass is 10.1. The number of ether oxygens (including phenoxy) is 2. The average molecular weight is 291 g/mol. The van der Waals surface area contributed by atoms with Gasteiger partial charge in [-0.15, -0.1) is 0 Å². The van der Waals surface area contributed by atoms with Crippen LogP contribution in [0.1, 0.15) is 22.1 Å². The van der Waals surface area contributed by atoms with Crippen LogP contribution in [0.2, 0.25) is 0 Å². The molecule has 0 bridgehead atoms. The number of amides is 1. The van der Waals surface area contributed by atoms with E-state index in [4.69, 9.17) is 4.74 Å². The van der Waals surface area contributed by atoms with Crippen LogP contribution in [0.3, 0.4) is 0 Å². The SMILES string of the molecule is O=C1N[C@@H](c2ccccc2OC(F)F)Oc2ccccc21. The van der Waals surface area contributed by atoms with Gasteiger partial charge in [0.15, 0.2) is 0 Å². The number of alkyl halides is 2. The molecule has 6 heteroatoms. The minimum atomic E-state index is -2.95. The second kappa shape index (κ2) is 5.40. The summed E-state index contributed by atoms with van der Waals surface area (Å²) in [6.45, 7) is -2.95. The summed E-state index contributed by atoms with van der Waals surface area (Å²) < 4.78 is 35.0. The molecule has 0 radical (unpaired) electrons. The summed E-state index contributed by atoms with van der Waals surface area (Å²) in [7, 11) is 0. The lowest BCUT2D eigenvalue weighted by Gasteiger charge is -2.28. The molecule has 0 fully saturated rings. The standard InChI is InChI=1S/C15H11F2NO3/c16-15(17)21-12-8-4-2-6-10(12)14-18-13(19)9-5-1-3-7-11(9)20-14/h1-8,14-15H,(H,18,19)/t14-/m1/s1. The zero-order valence-electron chi connectivity index (χ0n) is 10.8. The number of benzene rings is 2. The maximum Gasteiger partial charge on any atom is 0.387 e. The van der Waals surface area contributed by atoms with E-state index in [-0.39, 0.29) is 11.7 Å². The van der Waals surface area contributed by atoms with E-state index in [0.717, 1.165) is 0 Å². The number of carbonyl (C=O) groups is 1. The van der Waals surface area contributed by atoms with Crippen molar-refractivity contribution in [2.24, 2.45) is 0 Å². The largest absolute Gasteiger partial charge is 0.465 e. The van der Waals surface area contributed by atoms with Gasteiger partial charge in [0.2, 0.25) is 6.23 Å². The monoisotopic (exact) mass is 291 g/mol. The molecule has 3 rings (SSSR count). The highest BCUT2D eigenvalue weighted by molar-refractivity contribution is 5.98. The van der Waals surface area contributed by atoms with Crippen LogP contribution in [0.25, 0.3) is 0 Å². The van der Waals surface area contributed by atoms with Crippen molar-refractivity contribution in [1.82, 2.24) is 5.32 Å². The van der Waals surface area contributed by atoms with Crippen LogP contribution in [0.5, 0.6) is 11.5 Å². The number of fused-ring (bicyclic) bond motifs is 1. The first kappa shape index (κ1) is 13.4. The summed E-state index contributed by atoms with van der Waals surface area (Å²) in [6.07, 6.45) is -0.873. The maximum atomic E-state index is 12.4. The number of para-hydroxylation sites is 2. The van der Waals surface area contributed by atoms with Crippen LogP contribution in [0.15, 0.2) is 48.5 Å². The fraction of sp³-hybridized carbons (Fsp3) is 0.133. The van der Waals surface area contributed by atoms with Gasteiger partial charge in [0.05, 0.1) is 11.1 Å². The van der Waals surface area contributed by atoms with Gasteiger partial charge in [-0.05, 0) is 24.3 Å². The van der Waals surface area contributed by atoms with Gasteiger partial charge in [0.25, 0.3) is 5.91 Å². The average Bonchev–Trinajstić information content (AvgIpc) is 2.47. The van der Waals surface area contributed by atoms with Crippen LogP contribution >= 0.6 is 0 Å². The molecule has 0 saturated heterocycles. The summed E-state index contributed by atoms with van der Waals surface area (Å²) in [4.78, 5) is 12.0. The highest BCUT2D eigenvalue weighted by atomic mass is 19.3. The molecule has 1 amide bonds. The molecule has 0 aromatic heterocycles. The number of nitrogens with one attached hydrogen (secondary N) is 1. The summed E-state index contributed by atoms with van der Waals surface area (Å²) >= 11 is 0. The summed E-state index contributed by atoms with van der Waals surface area (Å²) in [5.74, 6) is 0.0454. The minimum Gasteiger partial charge on any atom is -0.465 e. The van der Waals surface area contributed by atoms with Crippen LogP contribution in [-0.4, -0.2) is 12.5 Å². The zero-order chi connectivity index (χ0) is 14.8. The van der Waals surface area contributed by atoms with E-state index in [9.17, 15) is 13.6 Å². The van der Waals surface area contributed by atoms with Gasteiger partial charge in [-0.2, -0.15) is 8.78 Å². The third-order valence-electron chi connectivity index (χ3n) is 3.06. The Hall–Kier alpha value is -2.63. The molecule has 1 heterocycles. The molecular formula is C15H11F2NO3. The lowest BCUT2D eigenvalue weighted by Crippen LogP contribution is -2.37. The molecule has 2 aromatic rings. The topological polar surface area (TPSA) is 47.6 Å². The lowest BCUT2D eigenvalue weighted by molar-refractivity contribution is -0.0515. The van der Waals surface area contributed by atoms with E-state index in [1.807, 2.05) is 0 Å². The van der Waals surface area contributed by atoms with Crippen molar-refractivity contribution in [1.29, 1.82) is 0 Å². The molecule has 1 aliphatic heterocycles. The molecule has 21 heavy (non-hydrogen) atoms. The smallest absolute Gasteiger partial charge is 0.387 e. The van der Waals surface area contributed by atoms with Crippen molar-refractivity contribution in [2.75, 3.05) is 0 Å². The van der Waals surface area contributed by atoms with Gasteiger partial charge in [-0.1, -0.05) is 24.3 Å². The number of hydrogen-bond acceptors (Lipinski definition) is 3. The van der Waals surface area contributed by atoms with Crippen molar-refractivity contribution < 1.29 is 23.0 Å². The molecule has 2 aromatic carbocycles. The van der Waals surface area contributed by atoms with Crippen LogP contribution < -0.4 is 14.8 Å². The highest BCUT2D eigenvalue weighted by Crippen LogP contribution is 2.33. The molecule has 1 aliphatic rings. The van der Waals surface area contributed by atoms with E-state index < -0.39 is 12.8 Å². The van der Waals surface area contributed by atoms with E-state index in [2.05, 4.69) is 10.1 Å². The number of carbonyl (C=O) groups excluding carboxylic acids is 1. The van der Waals surface area contributed by atoms with Gasteiger partial charge in [-0.3, -0.25) is 4.79 Å². The first-order valence-corrected chi connectivity index (χ1v) is 6.25. The molecule has 0 saturated carbocycles. The van der Waals surface area contributed by atoms with Crippen molar-refractivity contribution in [2.45, 2.75) is 12.8 Å². The van der Waals surface area contributed by atoms with Gasteiger partial charge >= 0.3 is 6.61 Å². The molecule has 0 spiro atoms. The molecule has 0 aliphatic carbocycles. The van der Waals surface area contributed by atoms with Gasteiger partial charge < -0.3 is 14.8 Å². The Balaban J connectivity index is 1.94. The van der Waals surface area contributed by atoms with Crippen molar-refractivity contribution in [3.63, 3.8) is 0 Å². The van der Waals surface area contributed by atoms with Gasteiger partial charge in [0.1, 0.15) is 11.5 Å². The second-order valence-corrected chi connectivity index (χ2v) is 4.38. The molecule has 0 unspecified atom stereocenters. The predicted molar refractivity (Wildman–Crippen MR) is 70.4 cm³/mol. The normalized spacial score (nSPS) is 16.9. The Kier molecular flexibility index (Phi) is 3.43. The third kappa shape index (κ3) is 2.65. The first-order valence-electron chi connectivity index (χ1n) is 6.25. The summed E-state index contributed by atoms with van der Waals surface area (Å²) in [5.41, 5.74) is 0.738. The van der Waals surface area contributed by atoms with Crippen molar-refractivity contribution in [3.8, 4) is 11.5 Å². The predicted octanol–water partition coefficient (Wildman–Crippen LogP) is 3.11. The number of hydrogen-bond donors (Lipinski definition) is 1. The fourth-order valence-corrected chi connectivity index (χ4v) is 2.15. The summed E-state index contributed by atoms with van der Waals surface area (Å²) in [5, 5.41) is 2.62. The van der Waals surface area contributed by atoms with Crippen LogP contribution in [0, 0.1) is 0 Å². The Bertz CT molecular complexity index is 675. The van der Waals surface area contributed by atoms with E-state index in [1.54, 1.807) is 42.5 Å². The Morgan fingerprint density at radius 2 is 1.81 bits per heavy atom. The van der Waals surface area contributed by atoms with Crippen LogP contribution in [-0.2, 0) is 0 Å². The number of halogens is 2. The first-order chi connectivity index (χ1) is 10.1. The molecule has 1 atom stereocenters. The van der Waals surface area contributed by atoms with Gasteiger partial charge in [-0.25, -0.2) is 0 Å². The van der Waals surface area contributed by atoms with Crippen molar-refractivity contribution in [3.05, 3.63) is 59.7 Å². The quantitative estimate of drug-likeness (QED) is 0.945. The molecule has 4 nitrogen and oxygen atoms in total. The van der Waals surface area contributed by atoms with Crippen molar-refractivity contribution >= 4 is 5.91 Å². The Labute approximate surface area is 119 Å². The Morgan fingerprint density at radius 3 is 2.62 bits per heavy atom. The second-order valence-electron chi connectivity index (χ2n) is 4.38. The number of rotatable bonds is 3. The van der Waals surface area contributed by atoms with E-state index >= 15 is 0 Å². The summed E-state index contributed by atoms with van der Waals surface area (Å²) in [6, 6.07) is 12.9. The minimum absolute atomic E-state index is 0.0304. The van der Waals surface area contributed by atoms with E-state index in [0.29, 0.717) is 16.9 Å². The molecular weight excluding hydrogens is 280 g/mol. The third-order valence-corrected chi connectivity index (χ3v) is 3.06. The fourth-order valence-electron chi connectivity index (χ4n) is 2.15. The maximum absolute atomic E-state index is 12.4.